The lowest BCUT2D eigenvalue weighted by Gasteiger charge is -2.21. The van der Waals surface area contributed by atoms with Gasteiger partial charge in [0.25, 0.3) is 0 Å². The minimum atomic E-state index is -3.79. The van der Waals surface area contributed by atoms with E-state index < -0.39 is 15.7 Å². The van der Waals surface area contributed by atoms with E-state index in [1.54, 1.807) is 24.8 Å². The van der Waals surface area contributed by atoms with E-state index in [0.29, 0.717) is 41.8 Å². The van der Waals surface area contributed by atoms with Crippen LogP contribution < -0.4 is 9.80 Å². The van der Waals surface area contributed by atoms with E-state index >= 15 is 0 Å². The minimum absolute atomic E-state index is 0.0579. The molecule has 0 aliphatic carbocycles. The first-order valence-electron chi connectivity index (χ1n) is 10.1. The number of sulfone groups is 1. The van der Waals surface area contributed by atoms with E-state index in [2.05, 4.69) is 15.9 Å². The van der Waals surface area contributed by atoms with Crippen molar-refractivity contribution in [3.8, 4) is 0 Å². The molecule has 0 aromatic heterocycles. The van der Waals surface area contributed by atoms with Crippen molar-refractivity contribution in [3.05, 3.63) is 52.3 Å². The number of hydrogen-bond acceptors (Lipinski definition) is 4. The number of halogens is 2. The molecule has 0 fully saturated rings. The molecule has 0 saturated heterocycles. The van der Waals surface area contributed by atoms with Crippen LogP contribution in [0.4, 0.5) is 15.8 Å². The number of fused-ring (bicyclic) bond motifs is 1. The van der Waals surface area contributed by atoms with Crippen LogP contribution >= 0.6 is 15.9 Å². The van der Waals surface area contributed by atoms with Gasteiger partial charge in [0, 0.05) is 41.8 Å². The van der Waals surface area contributed by atoms with Gasteiger partial charge in [-0.15, -0.1) is 0 Å². The summed E-state index contributed by atoms with van der Waals surface area (Å²) in [5.41, 5.74) is 2.04. The third kappa shape index (κ3) is 4.98. The summed E-state index contributed by atoms with van der Waals surface area (Å²) in [7, 11) is -3.79. The molecule has 166 valence electrons. The Kier molecular flexibility index (Phi) is 7.16. The Hall–Kier alpha value is -2.26. The zero-order chi connectivity index (χ0) is 22.8. The van der Waals surface area contributed by atoms with E-state index in [1.807, 2.05) is 0 Å². The van der Waals surface area contributed by atoms with Gasteiger partial charge in [-0.2, -0.15) is 0 Å². The predicted molar refractivity (Wildman–Crippen MR) is 122 cm³/mol. The van der Waals surface area contributed by atoms with Crippen LogP contribution in [-0.4, -0.2) is 39.1 Å². The number of benzene rings is 2. The first-order valence-corrected chi connectivity index (χ1v) is 12.5. The molecule has 2 aromatic carbocycles. The van der Waals surface area contributed by atoms with Crippen LogP contribution in [0.3, 0.4) is 0 Å². The van der Waals surface area contributed by atoms with E-state index in [9.17, 15) is 22.4 Å². The summed E-state index contributed by atoms with van der Waals surface area (Å²) in [6.45, 7) is 4.40. The molecule has 1 aliphatic rings. The van der Waals surface area contributed by atoms with Crippen LogP contribution in [0.2, 0.25) is 0 Å². The summed E-state index contributed by atoms with van der Waals surface area (Å²) >= 11 is 3.34. The first-order chi connectivity index (χ1) is 14.7. The van der Waals surface area contributed by atoms with Gasteiger partial charge in [-0.25, -0.2) is 12.8 Å². The molecule has 0 N–H and O–H groups in total. The standard InChI is InChI=1S/C22H24BrFN2O4S/c1-3-21(27)26-11-9-15-13-18(23)20(14-19(15)26)31(29,30)12-10-22(28)25(4-2)17-7-5-16(24)6-8-17/h5-8,13-14H,3-4,9-12H2,1-2H3. The Balaban J connectivity index is 1.80. The van der Waals surface area contributed by atoms with Gasteiger partial charge < -0.3 is 9.80 Å². The first kappa shape index (κ1) is 23.4. The fraction of sp³-hybridized carbons (Fsp3) is 0.364. The fourth-order valence-electron chi connectivity index (χ4n) is 3.67. The second kappa shape index (κ2) is 9.48. The SMILES string of the molecule is CCC(=O)N1CCc2cc(Br)c(S(=O)(=O)CCC(=O)N(CC)c3ccc(F)cc3)cc21. The number of nitrogens with zero attached hydrogens (tertiary/aromatic N) is 2. The number of carbonyl (C=O) groups is 2. The van der Waals surface area contributed by atoms with Crippen LogP contribution in [0.5, 0.6) is 0 Å². The van der Waals surface area contributed by atoms with E-state index in [1.165, 1.54) is 35.2 Å². The van der Waals surface area contributed by atoms with Crippen molar-refractivity contribution in [3.63, 3.8) is 0 Å². The zero-order valence-electron chi connectivity index (χ0n) is 17.4. The van der Waals surface area contributed by atoms with Gasteiger partial charge in [-0.1, -0.05) is 6.92 Å². The Morgan fingerprint density at radius 1 is 1.16 bits per heavy atom. The normalized spacial score (nSPS) is 13.2. The molecule has 3 rings (SSSR count). The smallest absolute Gasteiger partial charge is 0.228 e. The number of anilines is 2. The quantitative estimate of drug-likeness (QED) is 0.561. The summed E-state index contributed by atoms with van der Waals surface area (Å²) in [6, 6.07) is 8.75. The maximum absolute atomic E-state index is 13.2. The molecule has 0 saturated carbocycles. The third-order valence-corrected chi connectivity index (χ3v) is 7.98. The second-order valence-electron chi connectivity index (χ2n) is 7.24. The molecule has 0 spiro atoms. The molecule has 1 heterocycles. The topological polar surface area (TPSA) is 74.8 Å². The summed E-state index contributed by atoms with van der Waals surface area (Å²) in [5, 5.41) is 0. The maximum atomic E-state index is 13.2. The van der Waals surface area contributed by atoms with Crippen molar-refractivity contribution in [2.45, 2.75) is 38.0 Å². The molecule has 6 nitrogen and oxygen atoms in total. The van der Waals surface area contributed by atoms with Gasteiger partial charge in [-0.05, 0) is 71.2 Å². The molecule has 31 heavy (non-hydrogen) atoms. The van der Waals surface area contributed by atoms with Crippen molar-refractivity contribution in [2.75, 3.05) is 28.6 Å². The molecule has 0 radical (unpaired) electrons. The van der Waals surface area contributed by atoms with Gasteiger partial charge >= 0.3 is 0 Å². The lowest BCUT2D eigenvalue weighted by molar-refractivity contribution is -0.119. The molecule has 2 amide bonds. The van der Waals surface area contributed by atoms with E-state index in [4.69, 9.17) is 0 Å². The second-order valence-corrected chi connectivity index (χ2v) is 10.2. The van der Waals surface area contributed by atoms with Crippen LogP contribution in [0.1, 0.15) is 32.3 Å². The van der Waals surface area contributed by atoms with Gasteiger partial charge in [0.05, 0.1) is 10.6 Å². The molecule has 0 atom stereocenters. The molecule has 2 aromatic rings. The number of hydrogen-bond donors (Lipinski definition) is 0. The van der Waals surface area contributed by atoms with Crippen LogP contribution in [-0.2, 0) is 25.8 Å². The van der Waals surface area contributed by atoms with Gasteiger partial charge in [0.2, 0.25) is 11.8 Å². The number of rotatable bonds is 7. The van der Waals surface area contributed by atoms with Crippen molar-refractivity contribution in [1.82, 2.24) is 0 Å². The highest BCUT2D eigenvalue weighted by Gasteiger charge is 2.29. The van der Waals surface area contributed by atoms with Gasteiger partial charge in [-0.3, -0.25) is 9.59 Å². The highest BCUT2D eigenvalue weighted by atomic mass is 79.9. The Labute approximate surface area is 190 Å². The van der Waals surface area contributed by atoms with Crippen molar-refractivity contribution >= 4 is 49.0 Å². The summed E-state index contributed by atoms with van der Waals surface area (Å²) in [5.74, 6) is -1.20. The maximum Gasteiger partial charge on any atom is 0.228 e. The summed E-state index contributed by atoms with van der Waals surface area (Å²) < 4.78 is 39.7. The van der Waals surface area contributed by atoms with Crippen molar-refractivity contribution in [1.29, 1.82) is 0 Å². The molecule has 9 heteroatoms. The molecular formula is C22H24BrFN2O4S. The predicted octanol–water partition coefficient (Wildman–Crippen LogP) is 4.10. The molecule has 0 bridgehead atoms. The largest absolute Gasteiger partial charge is 0.313 e. The van der Waals surface area contributed by atoms with E-state index in [-0.39, 0.29) is 28.9 Å². The Bertz CT molecular complexity index is 1100. The molecular weight excluding hydrogens is 487 g/mol. The fourth-order valence-corrected chi connectivity index (χ4v) is 6.11. The van der Waals surface area contributed by atoms with Crippen molar-refractivity contribution in [2.24, 2.45) is 0 Å². The Morgan fingerprint density at radius 3 is 2.45 bits per heavy atom. The molecule has 0 unspecified atom stereocenters. The lowest BCUT2D eigenvalue weighted by Crippen LogP contribution is -2.32. The zero-order valence-corrected chi connectivity index (χ0v) is 19.8. The average molecular weight is 511 g/mol. The minimum Gasteiger partial charge on any atom is -0.313 e. The summed E-state index contributed by atoms with van der Waals surface area (Å²) in [6.07, 6.45) is 0.790. The lowest BCUT2D eigenvalue weighted by atomic mass is 10.2. The van der Waals surface area contributed by atoms with Gasteiger partial charge in [0.15, 0.2) is 9.84 Å². The number of carbonyl (C=O) groups excluding carboxylic acids is 2. The van der Waals surface area contributed by atoms with Crippen LogP contribution in [0.25, 0.3) is 0 Å². The summed E-state index contributed by atoms with van der Waals surface area (Å²) in [4.78, 5) is 28.0. The highest BCUT2D eigenvalue weighted by Crippen LogP contribution is 2.36. The Morgan fingerprint density at radius 2 is 1.84 bits per heavy atom. The third-order valence-electron chi connectivity index (χ3n) is 5.31. The van der Waals surface area contributed by atoms with E-state index in [0.717, 1.165) is 5.56 Å². The number of amides is 2. The highest BCUT2D eigenvalue weighted by molar-refractivity contribution is 9.10. The van der Waals surface area contributed by atoms with Gasteiger partial charge in [0.1, 0.15) is 5.82 Å². The van der Waals surface area contributed by atoms with Crippen molar-refractivity contribution < 1.29 is 22.4 Å². The monoisotopic (exact) mass is 510 g/mol. The van der Waals surface area contributed by atoms with Crippen LogP contribution in [0.15, 0.2) is 45.8 Å². The van der Waals surface area contributed by atoms with Crippen LogP contribution in [0, 0.1) is 5.82 Å². The average Bonchev–Trinajstić information content (AvgIpc) is 3.15. The molecule has 1 aliphatic heterocycles.